The molecule has 0 heterocycles. The summed E-state index contributed by atoms with van der Waals surface area (Å²) in [5.41, 5.74) is 6.66. The lowest BCUT2D eigenvalue weighted by Crippen LogP contribution is -2.38. The van der Waals surface area contributed by atoms with Crippen LogP contribution in [0.25, 0.3) is 0 Å². The summed E-state index contributed by atoms with van der Waals surface area (Å²) in [4.78, 5) is 22.6. The van der Waals surface area contributed by atoms with E-state index in [4.69, 9.17) is 10.5 Å². The van der Waals surface area contributed by atoms with E-state index in [1.807, 2.05) is 32.9 Å². The highest BCUT2D eigenvalue weighted by Crippen LogP contribution is 2.07. The topological polar surface area (TPSA) is 81.4 Å². The van der Waals surface area contributed by atoms with Gasteiger partial charge in [0.2, 0.25) is 0 Å². The summed E-state index contributed by atoms with van der Waals surface area (Å²) in [7, 11) is 0. The molecule has 0 radical (unpaired) electrons. The Morgan fingerprint density at radius 3 is 2.32 bits per heavy atom. The molecule has 0 aromatic heterocycles. The molecule has 2 amide bonds. The molecule has 19 heavy (non-hydrogen) atoms. The zero-order valence-electron chi connectivity index (χ0n) is 11.5. The number of benzene rings is 1. The standard InChI is InChI=1S/C14H20N2O3/c1-9(2)12(19-14(15)18)8-16-13(17)11-6-4-10(3)5-7-11/h4-7,9,12H,8H2,1-3H3,(H2,15,18)(H,16,17). The van der Waals surface area contributed by atoms with Crippen molar-refractivity contribution in [1.29, 1.82) is 0 Å². The van der Waals surface area contributed by atoms with Gasteiger partial charge in [0.25, 0.3) is 5.91 Å². The van der Waals surface area contributed by atoms with Gasteiger partial charge >= 0.3 is 6.09 Å². The van der Waals surface area contributed by atoms with Gasteiger partial charge in [0.05, 0.1) is 6.54 Å². The molecule has 0 saturated carbocycles. The van der Waals surface area contributed by atoms with Crippen molar-refractivity contribution in [2.75, 3.05) is 6.54 Å². The van der Waals surface area contributed by atoms with E-state index in [2.05, 4.69) is 5.32 Å². The molecule has 1 aromatic carbocycles. The minimum atomic E-state index is -0.830. The summed E-state index contributed by atoms with van der Waals surface area (Å²) in [5, 5.41) is 2.73. The number of rotatable bonds is 5. The average Bonchev–Trinajstić information content (AvgIpc) is 2.34. The van der Waals surface area contributed by atoms with Crippen molar-refractivity contribution in [3.8, 4) is 0 Å². The van der Waals surface area contributed by atoms with Crippen LogP contribution in [0.15, 0.2) is 24.3 Å². The maximum absolute atomic E-state index is 11.9. The van der Waals surface area contributed by atoms with Crippen LogP contribution in [0.3, 0.4) is 0 Å². The summed E-state index contributed by atoms with van der Waals surface area (Å²) >= 11 is 0. The Bertz CT molecular complexity index is 441. The molecule has 0 aliphatic rings. The third-order valence-electron chi connectivity index (χ3n) is 2.79. The normalized spacial score (nSPS) is 12.0. The highest BCUT2D eigenvalue weighted by molar-refractivity contribution is 5.94. The van der Waals surface area contributed by atoms with Crippen molar-refractivity contribution >= 4 is 12.0 Å². The minimum Gasteiger partial charge on any atom is -0.444 e. The van der Waals surface area contributed by atoms with Crippen molar-refractivity contribution in [1.82, 2.24) is 5.32 Å². The van der Waals surface area contributed by atoms with E-state index in [-0.39, 0.29) is 18.4 Å². The molecule has 0 bridgehead atoms. The fourth-order valence-electron chi connectivity index (χ4n) is 1.56. The highest BCUT2D eigenvalue weighted by atomic mass is 16.6. The van der Waals surface area contributed by atoms with Gasteiger partial charge in [-0.2, -0.15) is 0 Å². The number of hydrogen-bond acceptors (Lipinski definition) is 3. The first-order chi connectivity index (χ1) is 8.90. The second kappa shape index (κ2) is 6.78. The van der Waals surface area contributed by atoms with Crippen LogP contribution in [0, 0.1) is 12.8 Å². The Balaban J connectivity index is 2.56. The molecule has 0 fully saturated rings. The number of amides is 2. The van der Waals surface area contributed by atoms with Gasteiger partial charge in [0, 0.05) is 5.56 Å². The van der Waals surface area contributed by atoms with E-state index >= 15 is 0 Å². The number of aryl methyl sites for hydroxylation is 1. The Morgan fingerprint density at radius 2 is 1.84 bits per heavy atom. The Morgan fingerprint density at radius 1 is 1.26 bits per heavy atom. The van der Waals surface area contributed by atoms with Gasteiger partial charge in [0.1, 0.15) is 6.10 Å². The van der Waals surface area contributed by atoms with Crippen LogP contribution in [0.2, 0.25) is 0 Å². The second-order valence-electron chi connectivity index (χ2n) is 4.80. The van der Waals surface area contributed by atoms with Gasteiger partial charge in [-0.1, -0.05) is 31.5 Å². The van der Waals surface area contributed by atoms with Crippen LogP contribution in [0.5, 0.6) is 0 Å². The van der Waals surface area contributed by atoms with E-state index in [0.717, 1.165) is 5.56 Å². The van der Waals surface area contributed by atoms with Crippen LogP contribution in [0.1, 0.15) is 29.8 Å². The Hall–Kier alpha value is -2.04. The smallest absolute Gasteiger partial charge is 0.404 e. The third kappa shape index (κ3) is 4.99. The summed E-state index contributed by atoms with van der Waals surface area (Å²) in [6, 6.07) is 7.25. The lowest BCUT2D eigenvalue weighted by molar-refractivity contribution is 0.0711. The van der Waals surface area contributed by atoms with Crippen LogP contribution in [-0.4, -0.2) is 24.6 Å². The first-order valence-electron chi connectivity index (χ1n) is 6.21. The predicted octanol–water partition coefficient (Wildman–Crippen LogP) is 1.84. The molecule has 1 atom stereocenters. The summed E-state index contributed by atoms with van der Waals surface area (Å²) in [5.74, 6) is -0.121. The van der Waals surface area contributed by atoms with E-state index in [1.165, 1.54) is 0 Å². The van der Waals surface area contributed by atoms with Crippen molar-refractivity contribution in [2.24, 2.45) is 11.7 Å². The fraction of sp³-hybridized carbons (Fsp3) is 0.429. The van der Waals surface area contributed by atoms with Gasteiger partial charge in [-0.15, -0.1) is 0 Å². The zero-order chi connectivity index (χ0) is 14.4. The van der Waals surface area contributed by atoms with Gasteiger partial charge in [0.15, 0.2) is 0 Å². The second-order valence-corrected chi connectivity index (χ2v) is 4.80. The monoisotopic (exact) mass is 264 g/mol. The summed E-state index contributed by atoms with van der Waals surface area (Å²) in [6.45, 7) is 5.99. The Labute approximate surface area is 113 Å². The molecular formula is C14H20N2O3. The largest absolute Gasteiger partial charge is 0.444 e. The van der Waals surface area contributed by atoms with Crippen molar-refractivity contribution < 1.29 is 14.3 Å². The number of ether oxygens (including phenoxy) is 1. The van der Waals surface area contributed by atoms with E-state index < -0.39 is 12.2 Å². The van der Waals surface area contributed by atoms with Crippen LogP contribution >= 0.6 is 0 Å². The van der Waals surface area contributed by atoms with Crippen molar-refractivity contribution in [3.05, 3.63) is 35.4 Å². The predicted molar refractivity (Wildman–Crippen MR) is 72.8 cm³/mol. The van der Waals surface area contributed by atoms with E-state index in [1.54, 1.807) is 12.1 Å². The molecule has 1 rings (SSSR count). The summed E-state index contributed by atoms with van der Waals surface area (Å²) in [6.07, 6.45) is -1.25. The van der Waals surface area contributed by atoms with Crippen molar-refractivity contribution in [3.63, 3.8) is 0 Å². The molecule has 0 spiro atoms. The highest BCUT2D eigenvalue weighted by Gasteiger charge is 2.18. The lowest BCUT2D eigenvalue weighted by Gasteiger charge is -2.20. The minimum absolute atomic E-state index is 0.0748. The van der Waals surface area contributed by atoms with Gasteiger partial charge in [-0.05, 0) is 25.0 Å². The van der Waals surface area contributed by atoms with Gasteiger partial charge < -0.3 is 15.8 Å². The number of nitrogens with one attached hydrogen (secondary N) is 1. The van der Waals surface area contributed by atoms with Gasteiger partial charge in [-0.25, -0.2) is 4.79 Å². The van der Waals surface area contributed by atoms with E-state index in [0.29, 0.717) is 5.56 Å². The quantitative estimate of drug-likeness (QED) is 0.851. The maximum Gasteiger partial charge on any atom is 0.404 e. The molecule has 0 aliphatic carbocycles. The van der Waals surface area contributed by atoms with Crippen molar-refractivity contribution in [2.45, 2.75) is 26.9 Å². The molecule has 1 unspecified atom stereocenters. The maximum atomic E-state index is 11.9. The van der Waals surface area contributed by atoms with E-state index in [9.17, 15) is 9.59 Å². The average molecular weight is 264 g/mol. The third-order valence-corrected chi connectivity index (χ3v) is 2.79. The molecule has 0 aliphatic heterocycles. The number of primary amides is 1. The molecule has 5 nitrogen and oxygen atoms in total. The van der Waals surface area contributed by atoms with Crippen LogP contribution < -0.4 is 11.1 Å². The molecule has 3 N–H and O–H groups in total. The number of carbonyl (C=O) groups is 2. The molecule has 5 heteroatoms. The van der Waals surface area contributed by atoms with Gasteiger partial charge in [-0.3, -0.25) is 4.79 Å². The molecular weight excluding hydrogens is 244 g/mol. The molecule has 0 saturated heterocycles. The van der Waals surface area contributed by atoms with Crippen LogP contribution in [0.4, 0.5) is 4.79 Å². The number of hydrogen-bond donors (Lipinski definition) is 2. The lowest BCUT2D eigenvalue weighted by atomic mass is 10.1. The van der Waals surface area contributed by atoms with Crippen LogP contribution in [-0.2, 0) is 4.74 Å². The zero-order valence-corrected chi connectivity index (χ0v) is 11.5. The first-order valence-corrected chi connectivity index (χ1v) is 6.21. The first kappa shape index (κ1) is 15.0. The summed E-state index contributed by atoms with van der Waals surface area (Å²) < 4.78 is 4.94. The molecule has 1 aromatic rings. The fourth-order valence-corrected chi connectivity index (χ4v) is 1.56. The SMILES string of the molecule is Cc1ccc(C(=O)NCC(OC(N)=O)C(C)C)cc1. The molecule has 104 valence electrons. The Kier molecular flexibility index (Phi) is 5.36. The number of carbonyl (C=O) groups excluding carboxylic acids is 2. The number of nitrogens with two attached hydrogens (primary N) is 1.